The number of aromatic nitrogens is 1. The maximum atomic E-state index is 12.1. The van der Waals surface area contributed by atoms with E-state index in [1.54, 1.807) is 0 Å². The van der Waals surface area contributed by atoms with Crippen molar-refractivity contribution in [2.75, 3.05) is 12.0 Å². The largest absolute Gasteiger partial charge is 0.353 e. The predicted octanol–water partition coefficient (Wildman–Crippen LogP) is -0.296. The lowest BCUT2D eigenvalue weighted by Crippen LogP contribution is -2.29. The fourth-order valence-corrected chi connectivity index (χ4v) is 2.96. The van der Waals surface area contributed by atoms with Gasteiger partial charge in [0.25, 0.3) is 0 Å². The number of carbonyl (C=O) groups excluding carboxylic acids is 1. The average molecular weight is 313 g/mol. The van der Waals surface area contributed by atoms with Crippen molar-refractivity contribution >= 4 is 21.6 Å². The zero-order valence-electron chi connectivity index (χ0n) is 11.5. The van der Waals surface area contributed by atoms with E-state index in [1.165, 1.54) is 18.5 Å². The van der Waals surface area contributed by atoms with Crippen LogP contribution in [0.1, 0.15) is 25.7 Å². The fraction of sp³-hybridized carbons (Fsp3) is 0.500. The van der Waals surface area contributed by atoms with E-state index in [2.05, 4.69) is 20.4 Å². The number of hydrogen-bond donors (Lipinski definition) is 4. The van der Waals surface area contributed by atoms with Crippen molar-refractivity contribution in [1.82, 2.24) is 15.0 Å². The zero-order valence-corrected chi connectivity index (χ0v) is 12.3. The van der Waals surface area contributed by atoms with Crippen LogP contribution in [-0.2, 0) is 14.8 Å². The second kappa shape index (κ2) is 6.83. The zero-order chi connectivity index (χ0) is 15.3. The number of amides is 1. The Morgan fingerprint density at radius 1 is 1.43 bits per heavy atom. The van der Waals surface area contributed by atoms with Gasteiger partial charge in [-0.25, -0.2) is 13.1 Å². The molecule has 116 valence electrons. The molecule has 8 nitrogen and oxygen atoms in total. The first-order valence-corrected chi connectivity index (χ1v) is 8.21. The van der Waals surface area contributed by atoms with Gasteiger partial charge >= 0.3 is 0 Å². The second-order valence-electron chi connectivity index (χ2n) is 4.86. The third kappa shape index (κ3) is 4.66. The molecule has 1 aromatic heterocycles. The van der Waals surface area contributed by atoms with E-state index in [0.717, 1.165) is 12.8 Å². The molecule has 0 saturated heterocycles. The number of rotatable bonds is 8. The van der Waals surface area contributed by atoms with Crippen LogP contribution in [-0.4, -0.2) is 31.9 Å². The van der Waals surface area contributed by atoms with Gasteiger partial charge < -0.3 is 10.7 Å². The molecule has 0 aliphatic heterocycles. The summed E-state index contributed by atoms with van der Waals surface area (Å²) < 4.78 is 26.6. The first-order valence-electron chi connectivity index (χ1n) is 6.72. The molecule has 0 bridgehead atoms. The van der Waals surface area contributed by atoms with Gasteiger partial charge in [-0.1, -0.05) is 0 Å². The summed E-state index contributed by atoms with van der Waals surface area (Å²) in [4.78, 5) is 15.2. The van der Waals surface area contributed by atoms with Crippen LogP contribution in [0.4, 0.5) is 5.69 Å². The molecule has 0 radical (unpaired) electrons. The van der Waals surface area contributed by atoms with Crippen LogP contribution < -0.4 is 21.3 Å². The first kappa shape index (κ1) is 15.7. The summed E-state index contributed by atoms with van der Waals surface area (Å²) in [5.74, 6) is 5.23. The van der Waals surface area contributed by atoms with Gasteiger partial charge in [-0.15, -0.1) is 0 Å². The number of carbonyl (C=O) groups is 1. The van der Waals surface area contributed by atoms with Gasteiger partial charge in [0.1, 0.15) is 4.90 Å². The van der Waals surface area contributed by atoms with E-state index < -0.39 is 10.0 Å². The normalized spacial score (nSPS) is 14.7. The SMILES string of the molecule is NNc1ccncc1S(=O)(=O)NCCCC(=O)NC1CC1. The lowest BCUT2D eigenvalue weighted by molar-refractivity contribution is -0.121. The lowest BCUT2D eigenvalue weighted by Gasteiger charge is -2.10. The minimum atomic E-state index is -3.70. The van der Waals surface area contributed by atoms with Crippen molar-refractivity contribution < 1.29 is 13.2 Å². The van der Waals surface area contributed by atoms with Crippen LogP contribution in [0.5, 0.6) is 0 Å². The van der Waals surface area contributed by atoms with Gasteiger partial charge in [0, 0.05) is 31.4 Å². The Morgan fingerprint density at radius 2 is 2.19 bits per heavy atom. The molecule has 21 heavy (non-hydrogen) atoms. The monoisotopic (exact) mass is 313 g/mol. The van der Waals surface area contributed by atoms with Crippen molar-refractivity contribution in [3.8, 4) is 0 Å². The summed E-state index contributed by atoms with van der Waals surface area (Å²) in [6, 6.07) is 1.79. The van der Waals surface area contributed by atoms with Gasteiger partial charge in [-0.3, -0.25) is 15.6 Å². The van der Waals surface area contributed by atoms with Crippen molar-refractivity contribution in [3.05, 3.63) is 18.5 Å². The van der Waals surface area contributed by atoms with Gasteiger partial charge in [0.05, 0.1) is 5.69 Å². The summed E-state index contributed by atoms with van der Waals surface area (Å²) in [5, 5.41) is 2.85. The standard InChI is InChI=1S/C12H19N5O3S/c13-17-10-5-7-14-8-11(10)21(19,20)15-6-1-2-12(18)16-9-3-4-9/h5,7-9,15H,1-4,6,13H2,(H,14,17)(H,16,18). The summed E-state index contributed by atoms with van der Waals surface area (Å²) in [6.07, 6.45) is 5.47. The molecule has 1 fully saturated rings. The highest BCUT2D eigenvalue weighted by molar-refractivity contribution is 7.89. The molecule has 9 heteroatoms. The number of hydrazine groups is 1. The predicted molar refractivity (Wildman–Crippen MR) is 77.6 cm³/mol. The highest BCUT2D eigenvalue weighted by Gasteiger charge is 2.23. The molecule has 1 aliphatic carbocycles. The number of nitrogens with zero attached hydrogens (tertiary/aromatic N) is 1. The van der Waals surface area contributed by atoms with Crippen LogP contribution in [0.3, 0.4) is 0 Å². The van der Waals surface area contributed by atoms with Crippen molar-refractivity contribution in [3.63, 3.8) is 0 Å². The van der Waals surface area contributed by atoms with Crippen molar-refractivity contribution in [2.24, 2.45) is 5.84 Å². The molecular weight excluding hydrogens is 294 g/mol. The molecule has 0 spiro atoms. The minimum Gasteiger partial charge on any atom is -0.353 e. The van der Waals surface area contributed by atoms with Crippen LogP contribution in [0.15, 0.2) is 23.4 Å². The lowest BCUT2D eigenvalue weighted by atomic mass is 10.3. The Bertz CT molecular complexity index is 601. The number of sulfonamides is 1. The molecule has 0 unspecified atom stereocenters. The summed E-state index contributed by atoms with van der Waals surface area (Å²) in [5.41, 5.74) is 2.58. The van der Waals surface area contributed by atoms with E-state index in [4.69, 9.17) is 5.84 Å². The Labute approximate surface area is 123 Å². The minimum absolute atomic E-state index is 0.0186. The molecule has 0 atom stereocenters. The molecule has 5 N–H and O–H groups in total. The van der Waals surface area contributed by atoms with Gasteiger partial charge in [0.15, 0.2) is 0 Å². The van der Waals surface area contributed by atoms with E-state index in [-0.39, 0.29) is 23.0 Å². The number of nitrogen functional groups attached to an aromatic ring is 1. The fourth-order valence-electron chi connectivity index (χ4n) is 1.77. The number of nitrogens with one attached hydrogen (secondary N) is 3. The maximum Gasteiger partial charge on any atom is 0.244 e. The Hall–Kier alpha value is -1.71. The first-order chi connectivity index (χ1) is 10.0. The molecule has 1 amide bonds. The van der Waals surface area contributed by atoms with Crippen molar-refractivity contribution in [1.29, 1.82) is 0 Å². The molecule has 1 heterocycles. The smallest absolute Gasteiger partial charge is 0.244 e. The Balaban J connectivity index is 1.82. The Morgan fingerprint density at radius 3 is 2.86 bits per heavy atom. The molecule has 2 rings (SSSR count). The number of nitrogens with two attached hydrogens (primary N) is 1. The van der Waals surface area contributed by atoms with E-state index in [0.29, 0.717) is 18.9 Å². The van der Waals surface area contributed by atoms with E-state index in [1.807, 2.05) is 0 Å². The third-order valence-electron chi connectivity index (χ3n) is 3.04. The van der Waals surface area contributed by atoms with Gasteiger partial charge in [-0.2, -0.15) is 0 Å². The summed E-state index contributed by atoms with van der Waals surface area (Å²) in [6.45, 7) is 0.180. The van der Waals surface area contributed by atoms with Gasteiger partial charge in [-0.05, 0) is 25.3 Å². The van der Waals surface area contributed by atoms with Crippen molar-refractivity contribution in [2.45, 2.75) is 36.6 Å². The van der Waals surface area contributed by atoms with E-state index in [9.17, 15) is 13.2 Å². The molecule has 1 aromatic rings. The number of hydrogen-bond acceptors (Lipinski definition) is 6. The molecule has 1 aliphatic rings. The van der Waals surface area contributed by atoms with Crippen LogP contribution in [0.2, 0.25) is 0 Å². The number of pyridine rings is 1. The molecule has 0 aromatic carbocycles. The summed E-state index contributed by atoms with van der Waals surface area (Å²) >= 11 is 0. The highest BCUT2D eigenvalue weighted by atomic mass is 32.2. The summed E-state index contributed by atoms with van der Waals surface area (Å²) in [7, 11) is -3.70. The van der Waals surface area contributed by atoms with Crippen LogP contribution >= 0.6 is 0 Å². The Kier molecular flexibility index (Phi) is 5.10. The number of anilines is 1. The van der Waals surface area contributed by atoms with Crippen LogP contribution in [0, 0.1) is 0 Å². The topological polar surface area (TPSA) is 126 Å². The third-order valence-corrected chi connectivity index (χ3v) is 4.53. The van der Waals surface area contributed by atoms with E-state index >= 15 is 0 Å². The maximum absolute atomic E-state index is 12.1. The molecular formula is C12H19N5O3S. The second-order valence-corrected chi connectivity index (χ2v) is 6.59. The molecule has 1 saturated carbocycles. The average Bonchev–Trinajstić information content (AvgIpc) is 3.27. The quantitative estimate of drug-likeness (QED) is 0.297. The highest BCUT2D eigenvalue weighted by Crippen LogP contribution is 2.19. The van der Waals surface area contributed by atoms with Crippen LogP contribution in [0.25, 0.3) is 0 Å². The van der Waals surface area contributed by atoms with Gasteiger partial charge in [0.2, 0.25) is 15.9 Å².